The van der Waals surface area contributed by atoms with Crippen molar-refractivity contribution in [3.63, 3.8) is 0 Å². The molecule has 5 nitrogen and oxygen atoms in total. The molecule has 1 N–H and O–H groups in total. The molecule has 7 heteroatoms. The molecule has 0 radical (unpaired) electrons. The number of sulfonamides is 1. The minimum Gasteiger partial charge on any atom is -0.384 e. The number of hydrogen-bond acceptors (Lipinski definition) is 5. The molecule has 0 unspecified atom stereocenters. The van der Waals surface area contributed by atoms with Crippen LogP contribution in [-0.4, -0.2) is 46.1 Å². The zero-order valence-electron chi connectivity index (χ0n) is 12.7. The summed E-state index contributed by atoms with van der Waals surface area (Å²) in [6.45, 7) is 5.56. The smallest absolute Gasteiger partial charge is 0.252 e. The maximum atomic E-state index is 12.6. The Labute approximate surface area is 131 Å². The second-order valence-electron chi connectivity index (χ2n) is 5.30. The first-order valence-corrected chi connectivity index (χ1v) is 9.62. The summed E-state index contributed by atoms with van der Waals surface area (Å²) < 4.78 is 32.5. The van der Waals surface area contributed by atoms with Crippen LogP contribution in [0.25, 0.3) is 0 Å². The van der Waals surface area contributed by atoms with Gasteiger partial charge in [-0.3, -0.25) is 0 Å². The third-order valence-corrected chi connectivity index (χ3v) is 7.21. The largest absolute Gasteiger partial charge is 0.384 e. The van der Waals surface area contributed by atoms with Gasteiger partial charge in [-0.15, -0.1) is 11.3 Å². The molecule has 0 aromatic carbocycles. The molecule has 1 aromatic heterocycles. The van der Waals surface area contributed by atoms with Crippen LogP contribution >= 0.6 is 11.3 Å². The first-order valence-electron chi connectivity index (χ1n) is 7.36. The molecular weight excluding hydrogens is 308 g/mol. The van der Waals surface area contributed by atoms with Gasteiger partial charge in [0.15, 0.2) is 0 Å². The fourth-order valence-corrected chi connectivity index (χ4v) is 5.47. The zero-order chi connectivity index (χ0) is 15.3. The fourth-order valence-electron chi connectivity index (χ4n) is 2.52. The van der Waals surface area contributed by atoms with Crippen LogP contribution in [0.2, 0.25) is 0 Å². The lowest BCUT2D eigenvalue weighted by Gasteiger charge is -2.30. The van der Waals surface area contributed by atoms with Gasteiger partial charge >= 0.3 is 0 Å². The quantitative estimate of drug-likeness (QED) is 0.828. The van der Waals surface area contributed by atoms with Crippen LogP contribution in [-0.2, 0) is 21.3 Å². The average Bonchev–Trinajstić information content (AvgIpc) is 2.96. The average molecular weight is 332 g/mol. The van der Waals surface area contributed by atoms with Gasteiger partial charge in [-0.1, -0.05) is 6.92 Å². The van der Waals surface area contributed by atoms with E-state index in [0.717, 1.165) is 37.4 Å². The van der Waals surface area contributed by atoms with E-state index in [0.29, 0.717) is 23.2 Å². The first-order chi connectivity index (χ1) is 10.1. The molecule has 2 rings (SSSR count). The molecular formula is C14H24N2O3S2. The van der Waals surface area contributed by atoms with E-state index in [1.165, 1.54) is 11.3 Å². The molecule has 0 atom stereocenters. The van der Waals surface area contributed by atoms with Gasteiger partial charge in [0, 0.05) is 38.2 Å². The first kappa shape index (κ1) is 16.9. The predicted molar refractivity (Wildman–Crippen MR) is 85.1 cm³/mol. The molecule has 0 amide bonds. The third-order valence-electron chi connectivity index (χ3n) is 3.76. The highest BCUT2D eigenvalue weighted by molar-refractivity contribution is 7.91. The minimum absolute atomic E-state index is 0.459. The maximum absolute atomic E-state index is 12.6. The van der Waals surface area contributed by atoms with E-state index in [9.17, 15) is 8.42 Å². The summed E-state index contributed by atoms with van der Waals surface area (Å²) in [6.07, 6.45) is 1.76. The molecule has 1 saturated heterocycles. The molecule has 0 bridgehead atoms. The molecule has 1 aromatic rings. The van der Waals surface area contributed by atoms with Crippen molar-refractivity contribution in [2.45, 2.75) is 30.5 Å². The molecule has 1 fully saturated rings. The lowest BCUT2D eigenvalue weighted by molar-refractivity contribution is 0.121. The van der Waals surface area contributed by atoms with E-state index in [-0.39, 0.29) is 0 Å². The van der Waals surface area contributed by atoms with Crippen LogP contribution in [0.15, 0.2) is 16.3 Å². The summed E-state index contributed by atoms with van der Waals surface area (Å²) >= 11 is 1.37. The highest BCUT2D eigenvalue weighted by Crippen LogP contribution is 2.28. The number of rotatable bonds is 7. The number of hydrogen-bond donors (Lipinski definition) is 1. The van der Waals surface area contributed by atoms with Gasteiger partial charge in [0.2, 0.25) is 0 Å². The Hall–Kier alpha value is -0.470. The Bertz CT molecular complexity index is 534. The molecule has 1 aliphatic heterocycles. The van der Waals surface area contributed by atoms with E-state index in [1.54, 1.807) is 17.5 Å². The topological polar surface area (TPSA) is 58.6 Å². The number of nitrogens with one attached hydrogen (secondary N) is 1. The van der Waals surface area contributed by atoms with Crippen molar-refractivity contribution in [1.82, 2.24) is 9.62 Å². The Kier molecular flexibility index (Phi) is 6.19. The summed E-state index contributed by atoms with van der Waals surface area (Å²) in [5.41, 5.74) is 0. The summed E-state index contributed by atoms with van der Waals surface area (Å²) in [5.74, 6) is 0.481. The summed E-state index contributed by atoms with van der Waals surface area (Å²) in [7, 11) is -1.63. The molecule has 0 spiro atoms. The number of piperidine rings is 1. The van der Waals surface area contributed by atoms with Gasteiger partial charge in [0.1, 0.15) is 4.21 Å². The molecule has 2 heterocycles. The Morgan fingerprint density at radius 2 is 2.10 bits per heavy atom. The van der Waals surface area contributed by atoms with Crippen molar-refractivity contribution < 1.29 is 13.2 Å². The second-order valence-corrected chi connectivity index (χ2v) is 8.64. The predicted octanol–water partition coefficient (Wildman–Crippen LogP) is 1.90. The standard InChI is InChI=1S/C14H24N2O3S2/c1-3-15-10-13-4-5-14(20-13)21(17,18)16-8-6-12(7-9-16)11-19-2/h4-5,12,15H,3,6-11H2,1-2H3. The Balaban J connectivity index is 2.00. The normalized spacial score (nSPS) is 18.2. The zero-order valence-corrected chi connectivity index (χ0v) is 14.3. The van der Waals surface area contributed by atoms with E-state index in [2.05, 4.69) is 5.32 Å². The number of nitrogens with zero attached hydrogens (tertiary/aromatic N) is 1. The maximum Gasteiger partial charge on any atom is 0.252 e. The van der Waals surface area contributed by atoms with Crippen molar-refractivity contribution >= 4 is 21.4 Å². The second kappa shape index (κ2) is 7.69. The monoisotopic (exact) mass is 332 g/mol. The number of methoxy groups -OCH3 is 1. The minimum atomic E-state index is -3.32. The van der Waals surface area contributed by atoms with E-state index in [1.807, 2.05) is 13.0 Å². The van der Waals surface area contributed by atoms with Gasteiger partial charge < -0.3 is 10.1 Å². The van der Waals surface area contributed by atoms with Gasteiger partial charge in [0.05, 0.1) is 0 Å². The van der Waals surface area contributed by atoms with Crippen LogP contribution in [0, 0.1) is 5.92 Å². The third kappa shape index (κ3) is 4.26. The van der Waals surface area contributed by atoms with Gasteiger partial charge in [-0.05, 0) is 37.4 Å². The Morgan fingerprint density at radius 3 is 2.71 bits per heavy atom. The van der Waals surface area contributed by atoms with Crippen molar-refractivity contribution in [2.24, 2.45) is 5.92 Å². The number of thiophene rings is 1. The summed E-state index contributed by atoms with van der Waals surface area (Å²) in [4.78, 5) is 1.06. The van der Waals surface area contributed by atoms with E-state index in [4.69, 9.17) is 4.74 Å². The van der Waals surface area contributed by atoms with Crippen LogP contribution in [0.5, 0.6) is 0 Å². The van der Waals surface area contributed by atoms with Crippen LogP contribution in [0.1, 0.15) is 24.6 Å². The van der Waals surface area contributed by atoms with E-state index < -0.39 is 10.0 Å². The summed E-state index contributed by atoms with van der Waals surface area (Å²) in [5, 5.41) is 3.22. The van der Waals surface area contributed by atoms with Gasteiger partial charge in [-0.2, -0.15) is 4.31 Å². The highest BCUT2D eigenvalue weighted by atomic mass is 32.2. The van der Waals surface area contributed by atoms with Crippen LogP contribution in [0.3, 0.4) is 0 Å². The van der Waals surface area contributed by atoms with Crippen molar-refractivity contribution in [2.75, 3.05) is 33.4 Å². The lowest BCUT2D eigenvalue weighted by Crippen LogP contribution is -2.39. The molecule has 1 aliphatic rings. The summed E-state index contributed by atoms with van der Waals surface area (Å²) in [6, 6.07) is 3.63. The van der Waals surface area contributed by atoms with Gasteiger partial charge in [0.25, 0.3) is 10.0 Å². The van der Waals surface area contributed by atoms with Crippen molar-refractivity contribution in [3.05, 3.63) is 17.0 Å². The molecule has 120 valence electrons. The van der Waals surface area contributed by atoms with Crippen molar-refractivity contribution in [3.8, 4) is 0 Å². The molecule has 0 saturated carbocycles. The van der Waals surface area contributed by atoms with Crippen LogP contribution in [0.4, 0.5) is 0 Å². The highest BCUT2D eigenvalue weighted by Gasteiger charge is 2.30. The fraction of sp³-hybridized carbons (Fsp3) is 0.714. The van der Waals surface area contributed by atoms with E-state index >= 15 is 0 Å². The SMILES string of the molecule is CCNCc1ccc(S(=O)(=O)N2CCC(COC)CC2)s1. The number of ether oxygens (including phenoxy) is 1. The Morgan fingerprint density at radius 1 is 1.38 bits per heavy atom. The van der Waals surface area contributed by atoms with Crippen molar-refractivity contribution in [1.29, 1.82) is 0 Å². The molecule has 21 heavy (non-hydrogen) atoms. The lowest BCUT2D eigenvalue weighted by atomic mass is 9.99. The van der Waals surface area contributed by atoms with Gasteiger partial charge in [-0.25, -0.2) is 8.42 Å². The van der Waals surface area contributed by atoms with Crippen LogP contribution < -0.4 is 5.32 Å². The molecule has 0 aliphatic carbocycles.